The zero-order chi connectivity index (χ0) is 42.8. The molecular formula is C58H60Br2S2. The van der Waals surface area contributed by atoms with Crippen LogP contribution in [0.25, 0.3) is 20.9 Å². The topological polar surface area (TPSA) is 0 Å². The van der Waals surface area contributed by atoms with E-state index in [-0.39, 0.29) is 0 Å². The molecule has 4 heteroatoms. The second-order valence-electron chi connectivity index (χ2n) is 18.2. The molecule has 2 aliphatic rings. The molecule has 318 valence electrons. The van der Waals surface area contributed by atoms with Gasteiger partial charge in [0.2, 0.25) is 0 Å². The van der Waals surface area contributed by atoms with E-state index in [0.717, 1.165) is 12.8 Å². The second-order valence-corrected chi connectivity index (χ2v) is 23.1. The van der Waals surface area contributed by atoms with Gasteiger partial charge in [-0.25, -0.2) is 0 Å². The van der Waals surface area contributed by atoms with Gasteiger partial charge in [0.25, 0.3) is 0 Å². The highest BCUT2D eigenvalue weighted by Crippen LogP contribution is 2.65. The molecule has 0 N–H and O–H groups in total. The summed E-state index contributed by atoms with van der Waals surface area (Å²) in [6.07, 6.45) is 18.1. The fraction of sp³-hybridized carbons (Fsp3) is 0.345. The highest BCUT2D eigenvalue weighted by Gasteiger charge is 2.52. The Morgan fingerprint density at radius 1 is 0.387 bits per heavy atom. The van der Waals surface area contributed by atoms with E-state index in [1.165, 1.54) is 172 Å². The van der Waals surface area contributed by atoms with Crippen molar-refractivity contribution in [3.8, 4) is 20.9 Å². The number of hydrogen-bond donors (Lipinski definition) is 0. The molecule has 0 bridgehead atoms. The van der Waals surface area contributed by atoms with Crippen molar-refractivity contribution in [3.63, 3.8) is 0 Å². The minimum atomic E-state index is -0.462. The lowest BCUT2D eigenvalue weighted by atomic mass is 9.66. The number of unbranched alkanes of at least 4 members (excludes halogenated alkanes) is 10. The number of thiophene rings is 2. The first kappa shape index (κ1) is 43.7. The quantitative estimate of drug-likeness (QED) is 0.0752. The summed E-state index contributed by atoms with van der Waals surface area (Å²) in [5.74, 6) is 0. The predicted octanol–water partition coefficient (Wildman–Crippen LogP) is 18.5. The van der Waals surface area contributed by atoms with Gasteiger partial charge < -0.3 is 0 Å². The highest BCUT2D eigenvalue weighted by atomic mass is 79.9. The Morgan fingerprint density at radius 2 is 0.710 bits per heavy atom. The van der Waals surface area contributed by atoms with Crippen LogP contribution in [0.2, 0.25) is 0 Å². The third-order valence-electron chi connectivity index (χ3n) is 14.0. The van der Waals surface area contributed by atoms with E-state index in [1.807, 2.05) is 22.7 Å². The van der Waals surface area contributed by atoms with E-state index in [1.54, 1.807) is 0 Å². The standard InChI is InChI=1S/C58H60Br2S2/c1-5-7-9-11-13-15-17-41-23-31-45(32-24-41)57(43-27-19-39(3)20-28-43)49-35-48-50(36-47(49)55-51(57)37-53(59)61-55)58(44-29-21-40(4)22-30-44,52-38-54(60)62-56(48)52)46-33-25-42(26-34-46)18-16-14-12-10-8-6-2/h19-38H,5-18H2,1-4H3. The molecule has 5 aromatic carbocycles. The van der Waals surface area contributed by atoms with E-state index in [9.17, 15) is 0 Å². The van der Waals surface area contributed by atoms with E-state index in [0.29, 0.717) is 0 Å². The molecule has 0 amide bonds. The van der Waals surface area contributed by atoms with Crippen molar-refractivity contribution in [2.24, 2.45) is 0 Å². The number of halogens is 2. The first-order valence-electron chi connectivity index (χ1n) is 23.4. The molecule has 0 fully saturated rings. The lowest BCUT2D eigenvalue weighted by Gasteiger charge is -2.35. The summed E-state index contributed by atoms with van der Waals surface area (Å²) in [5, 5.41) is 0. The molecule has 0 radical (unpaired) electrons. The van der Waals surface area contributed by atoms with Gasteiger partial charge in [-0.2, -0.15) is 0 Å². The minimum Gasteiger partial charge on any atom is -0.128 e. The zero-order valence-electron chi connectivity index (χ0n) is 37.0. The van der Waals surface area contributed by atoms with Gasteiger partial charge in [0.1, 0.15) is 0 Å². The number of hydrogen-bond acceptors (Lipinski definition) is 2. The van der Waals surface area contributed by atoms with Crippen LogP contribution in [-0.2, 0) is 23.7 Å². The predicted molar refractivity (Wildman–Crippen MR) is 276 cm³/mol. The molecule has 2 aromatic heterocycles. The summed E-state index contributed by atoms with van der Waals surface area (Å²) in [6, 6.07) is 48.5. The fourth-order valence-electron chi connectivity index (χ4n) is 10.8. The summed E-state index contributed by atoms with van der Waals surface area (Å²) in [7, 11) is 0. The smallest absolute Gasteiger partial charge is 0.0722 e. The molecule has 0 aliphatic heterocycles. The van der Waals surface area contributed by atoms with Gasteiger partial charge in [-0.1, -0.05) is 186 Å². The maximum Gasteiger partial charge on any atom is 0.0722 e. The van der Waals surface area contributed by atoms with Crippen LogP contribution in [0.1, 0.15) is 158 Å². The van der Waals surface area contributed by atoms with Crippen molar-refractivity contribution in [1.82, 2.24) is 0 Å². The molecule has 0 spiro atoms. The van der Waals surface area contributed by atoms with Gasteiger partial charge in [0.15, 0.2) is 0 Å². The third-order valence-corrected chi connectivity index (χ3v) is 17.4. The van der Waals surface area contributed by atoms with Gasteiger partial charge in [-0.3, -0.25) is 0 Å². The van der Waals surface area contributed by atoms with Gasteiger partial charge in [-0.15, -0.1) is 22.7 Å². The molecule has 2 unspecified atom stereocenters. The number of benzene rings is 5. The number of aryl methyl sites for hydroxylation is 4. The van der Waals surface area contributed by atoms with Crippen molar-refractivity contribution in [3.05, 3.63) is 196 Å². The van der Waals surface area contributed by atoms with Gasteiger partial charge >= 0.3 is 0 Å². The molecule has 62 heavy (non-hydrogen) atoms. The Kier molecular flexibility index (Phi) is 13.3. The van der Waals surface area contributed by atoms with Crippen LogP contribution in [0, 0.1) is 13.8 Å². The molecule has 2 aliphatic carbocycles. The molecule has 2 heterocycles. The Labute approximate surface area is 396 Å². The van der Waals surface area contributed by atoms with Crippen LogP contribution in [0.5, 0.6) is 0 Å². The van der Waals surface area contributed by atoms with Crippen LogP contribution in [0.15, 0.2) is 129 Å². The van der Waals surface area contributed by atoms with Gasteiger partial charge in [0, 0.05) is 9.75 Å². The minimum absolute atomic E-state index is 0.462. The summed E-state index contributed by atoms with van der Waals surface area (Å²) >= 11 is 11.8. The van der Waals surface area contributed by atoms with E-state index >= 15 is 0 Å². The van der Waals surface area contributed by atoms with Crippen LogP contribution in [-0.4, -0.2) is 0 Å². The van der Waals surface area contributed by atoms with Crippen molar-refractivity contribution in [2.45, 2.75) is 128 Å². The molecule has 0 saturated heterocycles. The molecular weight excluding hydrogens is 921 g/mol. The average Bonchev–Trinajstić information content (AvgIpc) is 4.00. The largest absolute Gasteiger partial charge is 0.128 e. The molecule has 9 rings (SSSR count). The van der Waals surface area contributed by atoms with E-state index in [2.05, 4.69) is 181 Å². The van der Waals surface area contributed by atoms with Crippen LogP contribution < -0.4 is 0 Å². The Balaban J connectivity index is 1.21. The first-order chi connectivity index (χ1) is 30.3. The van der Waals surface area contributed by atoms with E-state index in [4.69, 9.17) is 0 Å². The molecule has 7 aromatic rings. The lowest BCUT2D eigenvalue weighted by Crippen LogP contribution is -2.30. The Bertz CT molecular complexity index is 2440. The van der Waals surface area contributed by atoms with Gasteiger partial charge in [0.05, 0.1) is 18.4 Å². The van der Waals surface area contributed by atoms with Crippen LogP contribution in [0.3, 0.4) is 0 Å². The van der Waals surface area contributed by atoms with Crippen molar-refractivity contribution in [2.75, 3.05) is 0 Å². The SMILES string of the molecule is CCCCCCCCc1ccc(C2(c3ccc(C)cc3)c3cc4c(cc3-c3sc(Br)cc32)C(c2ccc(C)cc2)(c2ccc(CCCCCCCC)cc2)c2cc(Br)sc2-4)cc1. The Morgan fingerprint density at radius 3 is 1.06 bits per heavy atom. The molecule has 2 atom stereocenters. The van der Waals surface area contributed by atoms with Crippen molar-refractivity contribution >= 4 is 54.5 Å². The van der Waals surface area contributed by atoms with Gasteiger partial charge in [-0.05, 0) is 162 Å². The fourth-order valence-corrected chi connectivity index (χ4v) is 14.2. The lowest BCUT2D eigenvalue weighted by molar-refractivity contribution is 0.607. The van der Waals surface area contributed by atoms with E-state index < -0.39 is 10.8 Å². The molecule has 0 nitrogen and oxygen atoms in total. The average molecular weight is 981 g/mol. The van der Waals surface area contributed by atoms with Crippen molar-refractivity contribution < 1.29 is 0 Å². The van der Waals surface area contributed by atoms with Crippen LogP contribution in [0.4, 0.5) is 0 Å². The van der Waals surface area contributed by atoms with Crippen molar-refractivity contribution in [1.29, 1.82) is 0 Å². The maximum atomic E-state index is 4.03. The highest BCUT2D eigenvalue weighted by molar-refractivity contribution is 9.11. The molecule has 0 saturated carbocycles. The number of rotatable bonds is 18. The summed E-state index contributed by atoms with van der Waals surface area (Å²) in [6.45, 7) is 9.01. The summed E-state index contributed by atoms with van der Waals surface area (Å²) in [4.78, 5) is 2.74. The summed E-state index contributed by atoms with van der Waals surface area (Å²) in [5.41, 5.74) is 18.1. The Hall–Kier alpha value is -3.54. The second kappa shape index (κ2) is 18.9. The number of fused-ring (bicyclic) bond motifs is 6. The maximum absolute atomic E-state index is 4.03. The first-order valence-corrected chi connectivity index (χ1v) is 26.6. The normalized spacial score (nSPS) is 17.3. The van der Waals surface area contributed by atoms with Crippen LogP contribution >= 0.6 is 54.5 Å². The monoisotopic (exact) mass is 978 g/mol. The summed E-state index contributed by atoms with van der Waals surface area (Å²) < 4.78 is 2.36. The third kappa shape index (κ3) is 7.88. The zero-order valence-corrected chi connectivity index (χ0v) is 41.8.